The third-order valence-corrected chi connectivity index (χ3v) is 3.23. The van der Waals surface area contributed by atoms with Crippen LogP contribution in [0.2, 0.25) is 0 Å². The summed E-state index contributed by atoms with van der Waals surface area (Å²) >= 11 is 0. The van der Waals surface area contributed by atoms with Crippen LogP contribution >= 0.6 is 0 Å². The fraction of sp³-hybridized carbons (Fsp3) is 0.400. The van der Waals surface area contributed by atoms with E-state index in [1.54, 1.807) is 13.1 Å². The van der Waals surface area contributed by atoms with Gasteiger partial charge in [-0.3, -0.25) is 4.79 Å². The number of nitrogens with one attached hydrogen (secondary N) is 3. The summed E-state index contributed by atoms with van der Waals surface area (Å²) in [6.45, 7) is 3.83. The van der Waals surface area contributed by atoms with Gasteiger partial charge in [-0.1, -0.05) is 0 Å². The van der Waals surface area contributed by atoms with E-state index in [-0.39, 0.29) is 5.69 Å². The summed E-state index contributed by atoms with van der Waals surface area (Å²) < 4.78 is 10.0. The van der Waals surface area contributed by atoms with Crippen molar-refractivity contribution >= 4 is 23.2 Å². The predicted octanol–water partition coefficient (Wildman–Crippen LogP) is -0.234. The minimum absolute atomic E-state index is 0.0901. The van der Waals surface area contributed by atoms with E-state index in [9.17, 15) is 4.79 Å². The number of morpholine rings is 1. The first-order valence-corrected chi connectivity index (χ1v) is 7.91. The van der Waals surface area contributed by atoms with E-state index in [1.165, 1.54) is 19.5 Å². The molecule has 11 heteroatoms. The molecule has 0 radical (unpaired) electrons. The minimum atomic E-state index is -0.634. The molecule has 140 valence electrons. The standard InChI is InChI=1S/C11H13N7O2.C4H9NO/c1-13-6-3-8(17-18-11(6)20-2)16-9-5-14-7(4-15-9)10(12)19;1-3-6-4-2-5-1/h3-5H,1-2H3,(H2,12,19)(H2,13,15,16,17);5H,1-4H2. The number of nitrogens with zero attached hydrogens (tertiary/aromatic N) is 4. The second kappa shape index (κ2) is 10.1. The van der Waals surface area contributed by atoms with Gasteiger partial charge in [-0.05, 0) is 0 Å². The van der Waals surface area contributed by atoms with Crippen LogP contribution in [0.4, 0.5) is 17.3 Å². The fourth-order valence-corrected chi connectivity index (χ4v) is 1.94. The molecule has 1 saturated heterocycles. The normalized spacial score (nSPS) is 13.2. The van der Waals surface area contributed by atoms with Crippen LogP contribution in [0, 0.1) is 0 Å². The molecule has 1 aliphatic rings. The van der Waals surface area contributed by atoms with Crippen LogP contribution in [0.25, 0.3) is 0 Å². The van der Waals surface area contributed by atoms with Crippen molar-refractivity contribution < 1.29 is 14.3 Å². The SMILES string of the molecule is C1COCCN1.CNc1cc(Nc2cnc(C(N)=O)cn2)nnc1OC. The van der Waals surface area contributed by atoms with Crippen LogP contribution in [-0.4, -0.2) is 66.5 Å². The Kier molecular flexibility index (Phi) is 7.46. The van der Waals surface area contributed by atoms with E-state index >= 15 is 0 Å². The van der Waals surface area contributed by atoms with E-state index in [0.29, 0.717) is 23.2 Å². The van der Waals surface area contributed by atoms with Crippen molar-refractivity contribution in [2.24, 2.45) is 5.73 Å². The lowest BCUT2D eigenvalue weighted by atomic mass is 10.4. The van der Waals surface area contributed by atoms with Crippen molar-refractivity contribution in [2.45, 2.75) is 0 Å². The zero-order valence-electron chi connectivity index (χ0n) is 14.7. The maximum Gasteiger partial charge on any atom is 0.268 e. The summed E-state index contributed by atoms with van der Waals surface area (Å²) in [5.74, 6) is 0.617. The topological polar surface area (TPSA) is 149 Å². The smallest absolute Gasteiger partial charge is 0.268 e. The molecule has 3 rings (SSSR count). The Labute approximate surface area is 150 Å². The third-order valence-electron chi connectivity index (χ3n) is 3.23. The molecule has 1 amide bonds. The molecule has 0 aliphatic carbocycles. The minimum Gasteiger partial charge on any atom is -0.478 e. The van der Waals surface area contributed by atoms with E-state index in [4.69, 9.17) is 15.2 Å². The molecule has 0 spiro atoms. The summed E-state index contributed by atoms with van der Waals surface area (Å²) in [4.78, 5) is 18.7. The highest BCUT2D eigenvalue weighted by molar-refractivity contribution is 5.90. The van der Waals surface area contributed by atoms with Gasteiger partial charge >= 0.3 is 0 Å². The van der Waals surface area contributed by atoms with Crippen molar-refractivity contribution in [3.8, 4) is 5.88 Å². The van der Waals surface area contributed by atoms with Gasteiger partial charge in [0.2, 0.25) is 0 Å². The molecule has 0 aromatic carbocycles. The number of aromatic nitrogens is 4. The number of hydrogen-bond donors (Lipinski definition) is 4. The second-order valence-electron chi connectivity index (χ2n) is 5.04. The number of amides is 1. The first-order valence-electron chi connectivity index (χ1n) is 7.91. The number of nitrogens with two attached hydrogens (primary N) is 1. The molecular weight excluding hydrogens is 340 g/mol. The molecule has 3 heterocycles. The van der Waals surface area contributed by atoms with Gasteiger partial charge in [-0.25, -0.2) is 9.97 Å². The molecule has 2 aromatic heterocycles. The average Bonchev–Trinajstić information content (AvgIpc) is 2.70. The number of anilines is 3. The van der Waals surface area contributed by atoms with Gasteiger partial charge in [0.15, 0.2) is 5.82 Å². The highest BCUT2D eigenvalue weighted by atomic mass is 16.5. The van der Waals surface area contributed by atoms with Crippen molar-refractivity contribution in [2.75, 3.05) is 51.1 Å². The van der Waals surface area contributed by atoms with Gasteiger partial charge in [-0.15, -0.1) is 10.2 Å². The molecule has 2 aromatic rings. The zero-order chi connectivity index (χ0) is 18.8. The number of rotatable bonds is 5. The lowest BCUT2D eigenvalue weighted by molar-refractivity contribution is 0.0995. The Morgan fingerprint density at radius 2 is 2.00 bits per heavy atom. The number of primary amides is 1. The van der Waals surface area contributed by atoms with Gasteiger partial charge in [0.05, 0.1) is 32.7 Å². The average molecular weight is 362 g/mol. The third kappa shape index (κ3) is 5.79. The fourth-order valence-electron chi connectivity index (χ4n) is 1.94. The summed E-state index contributed by atoms with van der Waals surface area (Å²) in [5.41, 5.74) is 5.84. The summed E-state index contributed by atoms with van der Waals surface area (Å²) in [6, 6.07) is 1.70. The monoisotopic (exact) mass is 362 g/mol. The first-order chi connectivity index (χ1) is 12.6. The number of hydrogen-bond acceptors (Lipinski definition) is 10. The summed E-state index contributed by atoms with van der Waals surface area (Å²) in [6.07, 6.45) is 2.66. The Balaban J connectivity index is 0.000000342. The lowest BCUT2D eigenvalue weighted by Gasteiger charge is -2.10. The van der Waals surface area contributed by atoms with Gasteiger partial charge in [-0.2, -0.15) is 0 Å². The Morgan fingerprint density at radius 3 is 2.46 bits per heavy atom. The number of carbonyl (C=O) groups excluding carboxylic acids is 1. The van der Waals surface area contributed by atoms with Crippen LogP contribution in [0.15, 0.2) is 18.5 Å². The molecule has 5 N–H and O–H groups in total. The van der Waals surface area contributed by atoms with Crippen LogP contribution < -0.4 is 26.4 Å². The summed E-state index contributed by atoms with van der Waals surface area (Å²) in [7, 11) is 3.25. The van der Waals surface area contributed by atoms with E-state index in [2.05, 4.69) is 36.1 Å². The molecule has 0 atom stereocenters. The molecule has 26 heavy (non-hydrogen) atoms. The van der Waals surface area contributed by atoms with E-state index < -0.39 is 5.91 Å². The van der Waals surface area contributed by atoms with Crippen molar-refractivity contribution in [3.05, 3.63) is 24.2 Å². The Hall–Kier alpha value is -3.05. The van der Waals surface area contributed by atoms with Crippen LogP contribution in [-0.2, 0) is 4.74 Å². The van der Waals surface area contributed by atoms with E-state index in [0.717, 1.165) is 26.3 Å². The first kappa shape index (κ1) is 19.3. The van der Waals surface area contributed by atoms with Gasteiger partial charge in [0.1, 0.15) is 17.2 Å². The highest BCUT2D eigenvalue weighted by Crippen LogP contribution is 2.23. The molecule has 0 saturated carbocycles. The number of methoxy groups -OCH3 is 1. The highest BCUT2D eigenvalue weighted by Gasteiger charge is 2.08. The molecular formula is C15H22N8O3. The molecule has 0 bridgehead atoms. The predicted molar refractivity (Wildman–Crippen MR) is 95.7 cm³/mol. The van der Waals surface area contributed by atoms with Gasteiger partial charge in [0, 0.05) is 26.2 Å². The Bertz CT molecular complexity index is 695. The maximum absolute atomic E-state index is 10.9. The molecule has 1 fully saturated rings. The maximum atomic E-state index is 10.9. The molecule has 11 nitrogen and oxygen atoms in total. The van der Waals surface area contributed by atoms with Crippen molar-refractivity contribution in [3.63, 3.8) is 0 Å². The van der Waals surface area contributed by atoms with Crippen LogP contribution in [0.3, 0.4) is 0 Å². The van der Waals surface area contributed by atoms with Crippen LogP contribution in [0.1, 0.15) is 10.5 Å². The lowest BCUT2D eigenvalue weighted by Crippen LogP contribution is -2.30. The van der Waals surface area contributed by atoms with Crippen molar-refractivity contribution in [1.29, 1.82) is 0 Å². The second-order valence-corrected chi connectivity index (χ2v) is 5.04. The largest absolute Gasteiger partial charge is 0.478 e. The number of carbonyl (C=O) groups is 1. The summed E-state index contributed by atoms with van der Waals surface area (Å²) in [5, 5.41) is 16.8. The van der Waals surface area contributed by atoms with Crippen LogP contribution in [0.5, 0.6) is 5.88 Å². The van der Waals surface area contributed by atoms with Crippen molar-refractivity contribution in [1.82, 2.24) is 25.5 Å². The van der Waals surface area contributed by atoms with Gasteiger partial charge in [0.25, 0.3) is 11.8 Å². The number of ether oxygens (including phenoxy) is 2. The molecule has 0 unspecified atom stereocenters. The van der Waals surface area contributed by atoms with Gasteiger partial charge < -0.3 is 31.2 Å². The quantitative estimate of drug-likeness (QED) is 0.561. The Morgan fingerprint density at radius 1 is 1.23 bits per heavy atom. The zero-order valence-corrected chi connectivity index (χ0v) is 14.7. The van der Waals surface area contributed by atoms with E-state index in [1.807, 2.05) is 0 Å². The molecule has 1 aliphatic heterocycles.